The Hall–Kier alpha value is -3.15. The maximum absolute atomic E-state index is 13.1. The first kappa shape index (κ1) is 20.7. The molecular weight excluding hydrogens is 400 g/mol. The van der Waals surface area contributed by atoms with Gasteiger partial charge in [-0.25, -0.2) is 0 Å². The van der Waals surface area contributed by atoms with Crippen LogP contribution in [-0.2, 0) is 0 Å². The third-order valence-electron chi connectivity index (χ3n) is 6.48. The van der Waals surface area contributed by atoms with Gasteiger partial charge in [-0.2, -0.15) is 0 Å². The van der Waals surface area contributed by atoms with E-state index in [-0.39, 0.29) is 5.91 Å². The molecule has 0 saturated heterocycles. The van der Waals surface area contributed by atoms with Crippen molar-refractivity contribution in [2.75, 3.05) is 32.8 Å². The highest BCUT2D eigenvalue weighted by Crippen LogP contribution is 2.35. The molecule has 1 amide bonds. The molecule has 0 aromatic heterocycles. The lowest BCUT2D eigenvalue weighted by Crippen LogP contribution is -2.43. The van der Waals surface area contributed by atoms with E-state index in [4.69, 9.17) is 4.74 Å². The number of hydrogen-bond donors (Lipinski definition) is 1. The summed E-state index contributed by atoms with van der Waals surface area (Å²) in [6.07, 6.45) is 2.28. The highest BCUT2D eigenvalue weighted by atomic mass is 16.5. The van der Waals surface area contributed by atoms with Gasteiger partial charge in [0.05, 0.1) is 6.61 Å². The SMILES string of the molecule is CCOc1ccccc1C1=CCN(CCN2C(=O)c3cccc4cccc(c34)C2O)CC1. The van der Waals surface area contributed by atoms with E-state index in [1.165, 1.54) is 11.1 Å². The van der Waals surface area contributed by atoms with Gasteiger partial charge in [-0.05, 0) is 36.4 Å². The molecule has 0 radical (unpaired) electrons. The molecule has 32 heavy (non-hydrogen) atoms. The van der Waals surface area contributed by atoms with Crippen LogP contribution in [0.2, 0.25) is 0 Å². The fourth-order valence-corrected chi connectivity index (χ4v) is 4.84. The second-order valence-electron chi connectivity index (χ2n) is 8.33. The van der Waals surface area contributed by atoms with E-state index >= 15 is 0 Å². The first-order chi connectivity index (χ1) is 15.7. The van der Waals surface area contributed by atoms with Crippen LogP contribution in [0.4, 0.5) is 0 Å². The molecule has 5 nitrogen and oxygen atoms in total. The minimum absolute atomic E-state index is 0.0966. The fraction of sp³-hybridized carbons (Fsp3) is 0.296. The monoisotopic (exact) mass is 428 g/mol. The number of ether oxygens (including phenoxy) is 1. The summed E-state index contributed by atoms with van der Waals surface area (Å²) in [7, 11) is 0. The Balaban J connectivity index is 1.28. The average molecular weight is 429 g/mol. The maximum atomic E-state index is 13.1. The summed E-state index contributed by atoms with van der Waals surface area (Å²) >= 11 is 0. The molecule has 2 aliphatic rings. The number of benzene rings is 3. The van der Waals surface area contributed by atoms with Crippen molar-refractivity contribution in [1.29, 1.82) is 0 Å². The Morgan fingerprint density at radius 2 is 1.78 bits per heavy atom. The van der Waals surface area contributed by atoms with Crippen molar-refractivity contribution in [1.82, 2.24) is 9.80 Å². The van der Waals surface area contributed by atoms with Gasteiger partial charge in [-0.1, -0.05) is 54.6 Å². The smallest absolute Gasteiger partial charge is 0.256 e. The number of para-hydroxylation sites is 1. The summed E-state index contributed by atoms with van der Waals surface area (Å²) < 4.78 is 5.79. The van der Waals surface area contributed by atoms with Crippen LogP contribution < -0.4 is 4.74 Å². The predicted molar refractivity (Wildman–Crippen MR) is 127 cm³/mol. The predicted octanol–water partition coefficient (Wildman–Crippen LogP) is 4.47. The molecular formula is C27H28N2O3. The molecule has 0 aliphatic carbocycles. The average Bonchev–Trinajstić information content (AvgIpc) is 2.83. The van der Waals surface area contributed by atoms with Crippen LogP contribution in [0.1, 0.15) is 41.1 Å². The molecule has 2 heterocycles. The third kappa shape index (κ3) is 3.68. The van der Waals surface area contributed by atoms with Gasteiger partial charge in [0, 0.05) is 48.3 Å². The van der Waals surface area contributed by atoms with E-state index in [1.807, 2.05) is 61.5 Å². The number of amides is 1. The van der Waals surface area contributed by atoms with Gasteiger partial charge in [0.1, 0.15) is 5.75 Å². The lowest BCUT2D eigenvalue weighted by molar-refractivity contribution is 0.00152. The summed E-state index contributed by atoms with van der Waals surface area (Å²) in [4.78, 5) is 17.1. The molecule has 0 bridgehead atoms. The zero-order valence-electron chi connectivity index (χ0n) is 18.3. The molecule has 1 N–H and O–H groups in total. The molecule has 1 atom stereocenters. The van der Waals surface area contributed by atoms with Crippen molar-refractivity contribution in [3.63, 3.8) is 0 Å². The van der Waals surface area contributed by atoms with Crippen LogP contribution in [-0.4, -0.2) is 53.6 Å². The van der Waals surface area contributed by atoms with Gasteiger partial charge < -0.3 is 14.7 Å². The molecule has 0 spiro atoms. The number of nitrogens with zero attached hydrogens (tertiary/aromatic N) is 2. The molecule has 5 heteroatoms. The number of aliphatic hydroxyl groups excluding tert-OH is 1. The Morgan fingerprint density at radius 1 is 1.00 bits per heavy atom. The number of rotatable bonds is 6. The van der Waals surface area contributed by atoms with Crippen LogP contribution in [0, 0.1) is 0 Å². The van der Waals surface area contributed by atoms with E-state index in [1.54, 1.807) is 4.90 Å². The Bertz CT molecular complexity index is 1180. The van der Waals surface area contributed by atoms with E-state index < -0.39 is 6.23 Å². The summed E-state index contributed by atoms with van der Waals surface area (Å²) in [6.45, 7) is 5.60. The van der Waals surface area contributed by atoms with Gasteiger partial charge in [-0.3, -0.25) is 9.69 Å². The summed E-state index contributed by atoms with van der Waals surface area (Å²) in [5, 5.41) is 12.8. The first-order valence-corrected chi connectivity index (χ1v) is 11.3. The van der Waals surface area contributed by atoms with Gasteiger partial charge in [-0.15, -0.1) is 0 Å². The van der Waals surface area contributed by atoms with Crippen molar-refractivity contribution in [2.24, 2.45) is 0 Å². The second-order valence-corrected chi connectivity index (χ2v) is 8.33. The molecule has 1 unspecified atom stereocenters. The maximum Gasteiger partial charge on any atom is 0.256 e. The molecule has 3 aromatic rings. The zero-order valence-corrected chi connectivity index (χ0v) is 18.3. The number of hydrogen-bond acceptors (Lipinski definition) is 4. The van der Waals surface area contributed by atoms with Crippen molar-refractivity contribution in [2.45, 2.75) is 19.6 Å². The third-order valence-corrected chi connectivity index (χ3v) is 6.48. The van der Waals surface area contributed by atoms with E-state index in [9.17, 15) is 9.90 Å². The van der Waals surface area contributed by atoms with E-state index in [2.05, 4.69) is 17.0 Å². The summed E-state index contributed by atoms with van der Waals surface area (Å²) in [5.41, 5.74) is 3.96. The number of aliphatic hydroxyl groups is 1. The Labute approximate surface area is 188 Å². The molecule has 0 fully saturated rings. The van der Waals surface area contributed by atoms with Crippen molar-refractivity contribution < 1.29 is 14.6 Å². The van der Waals surface area contributed by atoms with Crippen molar-refractivity contribution in [3.05, 3.63) is 83.4 Å². The fourth-order valence-electron chi connectivity index (χ4n) is 4.84. The highest BCUT2D eigenvalue weighted by molar-refractivity contribution is 6.10. The van der Waals surface area contributed by atoms with Gasteiger partial charge in [0.25, 0.3) is 5.91 Å². The van der Waals surface area contributed by atoms with Gasteiger partial charge >= 0.3 is 0 Å². The lowest BCUT2D eigenvalue weighted by atomic mass is 9.93. The Morgan fingerprint density at radius 3 is 2.56 bits per heavy atom. The largest absolute Gasteiger partial charge is 0.493 e. The van der Waals surface area contributed by atoms with E-state index in [0.29, 0.717) is 18.7 Å². The van der Waals surface area contributed by atoms with Crippen molar-refractivity contribution in [3.8, 4) is 5.75 Å². The first-order valence-electron chi connectivity index (χ1n) is 11.3. The van der Waals surface area contributed by atoms with Gasteiger partial charge in [0.15, 0.2) is 6.23 Å². The summed E-state index contributed by atoms with van der Waals surface area (Å²) in [6, 6.07) is 19.8. The van der Waals surface area contributed by atoms with Crippen LogP contribution in [0.25, 0.3) is 16.3 Å². The number of carbonyl (C=O) groups excluding carboxylic acids is 1. The van der Waals surface area contributed by atoms with Gasteiger partial charge in [0.2, 0.25) is 0 Å². The second kappa shape index (κ2) is 8.77. The topological polar surface area (TPSA) is 53.0 Å². The lowest BCUT2D eigenvalue weighted by Gasteiger charge is -2.36. The van der Waals surface area contributed by atoms with Crippen molar-refractivity contribution >= 4 is 22.3 Å². The number of carbonyl (C=O) groups is 1. The molecule has 5 rings (SSSR count). The van der Waals surface area contributed by atoms with Crippen LogP contribution in [0.3, 0.4) is 0 Å². The highest BCUT2D eigenvalue weighted by Gasteiger charge is 2.32. The standard InChI is InChI=1S/C27H28N2O3/c1-2-32-24-12-4-3-9-21(24)19-13-15-28(16-14-19)17-18-29-26(30)22-10-5-7-20-8-6-11-23(25(20)22)27(29)31/h3-13,26,30H,2,14-18H2,1H3. The zero-order chi connectivity index (χ0) is 22.1. The van der Waals surface area contributed by atoms with Crippen LogP contribution >= 0.6 is 0 Å². The minimum Gasteiger partial charge on any atom is -0.493 e. The molecule has 164 valence electrons. The molecule has 2 aliphatic heterocycles. The van der Waals surface area contributed by atoms with Crippen LogP contribution in [0.5, 0.6) is 5.75 Å². The molecule has 3 aromatic carbocycles. The van der Waals surface area contributed by atoms with E-state index in [0.717, 1.165) is 48.1 Å². The summed E-state index contributed by atoms with van der Waals surface area (Å²) in [5.74, 6) is 0.838. The van der Waals surface area contributed by atoms with Crippen LogP contribution in [0.15, 0.2) is 66.7 Å². The quantitative estimate of drug-likeness (QED) is 0.629. The normalized spacial score (nSPS) is 18.7. The minimum atomic E-state index is -0.907. The Kier molecular flexibility index (Phi) is 5.68. The molecule has 0 saturated carbocycles.